The SMILES string of the molecule is CC1(C)c2ccccc2-c2c(-c3cc(-n4c5ccccc5c5ccc(-c6ccc7c8ccccc8n(C8=CC=CCC8)c7c6)cc54)cc4c3sc3ccccc34)cccc21. The summed E-state index contributed by atoms with van der Waals surface area (Å²) in [5.41, 5.74) is 17.9. The highest BCUT2D eigenvalue weighted by Gasteiger charge is 2.37. The van der Waals surface area contributed by atoms with Gasteiger partial charge in [-0.2, -0.15) is 0 Å². The lowest BCUT2D eigenvalue weighted by atomic mass is 9.82. The molecule has 8 aromatic carbocycles. The molecule has 0 fully saturated rings. The summed E-state index contributed by atoms with van der Waals surface area (Å²) in [4.78, 5) is 0. The van der Waals surface area contributed by atoms with Crippen molar-refractivity contribution in [2.24, 2.45) is 0 Å². The van der Waals surface area contributed by atoms with Crippen LogP contribution in [0.25, 0.3) is 109 Å². The summed E-state index contributed by atoms with van der Waals surface area (Å²) >= 11 is 1.92. The number of benzene rings is 8. The van der Waals surface area contributed by atoms with E-state index in [0.29, 0.717) is 0 Å². The van der Waals surface area contributed by atoms with Crippen LogP contribution < -0.4 is 0 Å². The van der Waals surface area contributed by atoms with E-state index < -0.39 is 0 Å². The van der Waals surface area contributed by atoms with E-state index in [-0.39, 0.29) is 5.41 Å². The first-order valence-electron chi connectivity index (χ1n) is 21.2. The maximum Gasteiger partial charge on any atom is 0.0547 e. The van der Waals surface area contributed by atoms with E-state index >= 15 is 0 Å². The van der Waals surface area contributed by atoms with Crippen molar-refractivity contribution in [3.05, 3.63) is 193 Å². The number of aromatic nitrogens is 2. The van der Waals surface area contributed by atoms with Crippen molar-refractivity contribution in [3.8, 4) is 39.1 Å². The quantitative estimate of drug-likeness (QED) is 0.168. The maximum atomic E-state index is 2.53. The van der Waals surface area contributed by atoms with Gasteiger partial charge in [0.1, 0.15) is 0 Å². The normalized spacial score (nSPS) is 14.5. The molecule has 0 bridgehead atoms. The third-order valence-corrected chi connectivity index (χ3v) is 14.8. The number of rotatable bonds is 4. The standard InChI is InChI=1S/C57H40N2S/c1-57(2)48-22-10-6-20-45(48)55-44(21-14-23-49(55)57)47-34-38(33-46-43-19-9-13-26-54(43)60-56(46)47)59-51-25-12-8-18-40(51)42-30-28-36(32-53(42)59)35-27-29-41-39-17-7-11-24-50(39)58(52(41)31-35)37-15-4-3-5-16-37/h3-4,6-15,17-34H,5,16H2,1-2H3. The minimum absolute atomic E-state index is 0.0795. The molecule has 0 N–H and O–H groups in total. The van der Waals surface area contributed by atoms with Gasteiger partial charge in [0, 0.05) is 64.1 Å². The van der Waals surface area contributed by atoms with Gasteiger partial charge in [0.15, 0.2) is 0 Å². The summed E-state index contributed by atoms with van der Waals surface area (Å²) < 4.78 is 7.68. The first-order valence-corrected chi connectivity index (χ1v) is 22.0. The molecule has 2 aliphatic rings. The molecule has 3 heterocycles. The Balaban J connectivity index is 1.08. The van der Waals surface area contributed by atoms with Crippen LogP contribution in [0, 0.1) is 0 Å². The lowest BCUT2D eigenvalue weighted by molar-refractivity contribution is 0.660. The number of nitrogens with zero attached hydrogens (tertiary/aromatic N) is 2. The molecule has 0 saturated heterocycles. The fourth-order valence-corrected chi connectivity index (χ4v) is 12.0. The Hall–Kier alpha value is -6.94. The molecule has 0 aliphatic heterocycles. The van der Waals surface area contributed by atoms with E-state index in [9.17, 15) is 0 Å². The predicted molar refractivity (Wildman–Crippen MR) is 258 cm³/mol. The fourth-order valence-electron chi connectivity index (χ4n) is 10.8. The Labute approximate surface area is 352 Å². The van der Waals surface area contributed by atoms with Gasteiger partial charge in [-0.15, -0.1) is 11.3 Å². The van der Waals surface area contributed by atoms with Gasteiger partial charge in [-0.3, -0.25) is 0 Å². The second-order valence-electron chi connectivity index (χ2n) is 17.2. The first-order chi connectivity index (χ1) is 29.5. The summed E-state index contributed by atoms with van der Waals surface area (Å²) in [6.07, 6.45) is 8.86. The molecule has 284 valence electrons. The molecule has 60 heavy (non-hydrogen) atoms. The third kappa shape index (κ3) is 4.70. The van der Waals surface area contributed by atoms with Crippen molar-refractivity contribution < 1.29 is 0 Å². The smallest absolute Gasteiger partial charge is 0.0547 e. The number of fused-ring (bicyclic) bond motifs is 12. The van der Waals surface area contributed by atoms with E-state index in [1.807, 2.05) is 11.3 Å². The van der Waals surface area contributed by atoms with Gasteiger partial charge < -0.3 is 9.13 Å². The zero-order chi connectivity index (χ0) is 39.7. The van der Waals surface area contributed by atoms with Crippen molar-refractivity contribution >= 4 is 80.8 Å². The van der Waals surface area contributed by atoms with Crippen LogP contribution in [-0.2, 0) is 5.41 Å². The highest BCUT2D eigenvalue weighted by molar-refractivity contribution is 7.26. The number of thiophene rings is 1. The van der Waals surface area contributed by atoms with Gasteiger partial charge in [0.25, 0.3) is 0 Å². The van der Waals surface area contributed by atoms with Gasteiger partial charge in [-0.05, 0) is 100 Å². The highest BCUT2D eigenvalue weighted by Crippen LogP contribution is 2.54. The van der Waals surface area contributed by atoms with Crippen LogP contribution in [0.4, 0.5) is 0 Å². The van der Waals surface area contributed by atoms with Crippen molar-refractivity contribution in [2.45, 2.75) is 32.1 Å². The molecule has 0 spiro atoms. The monoisotopic (exact) mass is 784 g/mol. The Morgan fingerprint density at radius 3 is 1.85 bits per heavy atom. The van der Waals surface area contributed by atoms with Crippen LogP contribution in [-0.4, -0.2) is 9.13 Å². The molecule has 13 rings (SSSR count). The highest BCUT2D eigenvalue weighted by atomic mass is 32.1. The molecule has 0 atom stereocenters. The van der Waals surface area contributed by atoms with Gasteiger partial charge >= 0.3 is 0 Å². The maximum absolute atomic E-state index is 2.53. The number of hydrogen-bond acceptors (Lipinski definition) is 1. The topological polar surface area (TPSA) is 9.86 Å². The van der Waals surface area contributed by atoms with Crippen LogP contribution in [0.3, 0.4) is 0 Å². The Morgan fingerprint density at radius 1 is 0.483 bits per heavy atom. The van der Waals surface area contributed by atoms with Crippen LogP contribution >= 0.6 is 11.3 Å². The third-order valence-electron chi connectivity index (χ3n) is 13.6. The summed E-state index contributed by atoms with van der Waals surface area (Å²) in [6, 6.07) is 61.9. The average Bonchev–Trinajstić information content (AvgIpc) is 4.01. The molecular weight excluding hydrogens is 745 g/mol. The van der Waals surface area contributed by atoms with Crippen molar-refractivity contribution in [2.75, 3.05) is 0 Å². The Kier molecular flexibility index (Phi) is 7.10. The van der Waals surface area contributed by atoms with Crippen molar-refractivity contribution in [1.82, 2.24) is 9.13 Å². The zero-order valence-corrected chi connectivity index (χ0v) is 34.4. The first kappa shape index (κ1) is 34.0. The summed E-state index contributed by atoms with van der Waals surface area (Å²) in [5.74, 6) is 0. The molecule has 0 amide bonds. The summed E-state index contributed by atoms with van der Waals surface area (Å²) in [7, 11) is 0. The molecule has 0 saturated carbocycles. The lowest BCUT2D eigenvalue weighted by Gasteiger charge is -2.21. The van der Waals surface area contributed by atoms with E-state index in [4.69, 9.17) is 0 Å². The lowest BCUT2D eigenvalue weighted by Crippen LogP contribution is -2.14. The second kappa shape index (κ2) is 12.5. The predicted octanol–water partition coefficient (Wildman–Crippen LogP) is 16.1. The van der Waals surface area contributed by atoms with Gasteiger partial charge in [0.05, 0.1) is 22.1 Å². The largest absolute Gasteiger partial charge is 0.313 e. The van der Waals surface area contributed by atoms with Crippen molar-refractivity contribution in [3.63, 3.8) is 0 Å². The Morgan fingerprint density at radius 2 is 1.10 bits per heavy atom. The molecule has 3 aromatic heterocycles. The molecule has 0 radical (unpaired) electrons. The molecule has 3 heteroatoms. The zero-order valence-electron chi connectivity index (χ0n) is 33.5. The fraction of sp³-hybridized carbons (Fsp3) is 0.0877. The molecule has 2 nitrogen and oxygen atoms in total. The van der Waals surface area contributed by atoms with Gasteiger partial charge in [0.2, 0.25) is 0 Å². The van der Waals surface area contributed by atoms with Crippen LogP contribution in [0.1, 0.15) is 37.8 Å². The van der Waals surface area contributed by atoms with E-state index in [2.05, 4.69) is 205 Å². The second-order valence-corrected chi connectivity index (χ2v) is 18.2. The summed E-state index contributed by atoms with van der Waals surface area (Å²) in [5, 5.41) is 7.73. The van der Waals surface area contributed by atoms with Gasteiger partial charge in [-0.25, -0.2) is 0 Å². The number of para-hydroxylation sites is 2. The van der Waals surface area contributed by atoms with Gasteiger partial charge in [-0.1, -0.05) is 147 Å². The summed E-state index contributed by atoms with van der Waals surface area (Å²) in [6.45, 7) is 4.76. The minimum Gasteiger partial charge on any atom is -0.313 e. The van der Waals surface area contributed by atoms with E-state index in [0.717, 1.165) is 12.8 Å². The van der Waals surface area contributed by atoms with Crippen molar-refractivity contribution in [1.29, 1.82) is 0 Å². The van der Waals surface area contributed by atoms with Crippen LogP contribution in [0.15, 0.2) is 182 Å². The van der Waals surface area contributed by atoms with E-state index in [1.54, 1.807) is 0 Å². The average molecular weight is 785 g/mol. The molecule has 11 aromatic rings. The number of allylic oxidation sites excluding steroid dienone is 4. The Bertz CT molecular complexity index is 3690. The van der Waals surface area contributed by atoms with Crippen LogP contribution in [0.5, 0.6) is 0 Å². The van der Waals surface area contributed by atoms with Crippen LogP contribution in [0.2, 0.25) is 0 Å². The minimum atomic E-state index is -0.0795. The van der Waals surface area contributed by atoms with E-state index in [1.165, 1.54) is 120 Å². The molecule has 0 unspecified atom stereocenters. The molecule has 2 aliphatic carbocycles. The number of hydrogen-bond donors (Lipinski definition) is 0. The molecular formula is C57H40N2S.